The maximum absolute atomic E-state index is 12.2. The molecule has 0 saturated carbocycles. The van der Waals surface area contributed by atoms with E-state index in [0.29, 0.717) is 5.56 Å². The lowest BCUT2D eigenvalue weighted by Crippen LogP contribution is -2.14. The zero-order valence-corrected chi connectivity index (χ0v) is 10.5. The Kier molecular flexibility index (Phi) is 3.63. The first kappa shape index (κ1) is 12.2. The predicted octanol–water partition coefficient (Wildman–Crippen LogP) is 3.29. The summed E-state index contributed by atoms with van der Waals surface area (Å²) in [4.78, 5) is 12.2. The number of hydrogen-bond donors (Lipinski definition) is 2. The highest BCUT2D eigenvalue weighted by Crippen LogP contribution is 2.21. The van der Waals surface area contributed by atoms with Crippen LogP contribution in [0, 0.1) is 6.92 Å². The number of hydrogen-bond acceptors (Lipinski definition) is 2. The molecule has 0 heterocycles. The van der Waals surface area contributed by atoms with E-state index in [1.54, 1.807) is 0 Å². The van der Waals surface area contributed by atoms with Gasteiger partial charge in [0.1, 0.15) is 0 Å². The van der Waals surface area contributed by atoms with E-state index in [-0.39, 0.29) is 5.91 Å². The van der Waals surface area contributed by atoms with Crippen molar-refractivity contribution in [2.75, 3.05) is 17.7 Å². The summed E-state index contributed by atoms with van der Waals surface area (Å²) in [6.45, 7) is 1.93. The summed E-state index contributed by atoms with van der Waals surface area (Å²) in [5, 5.41) is 5.97. The second-order valence-corrected chi connectivity index (χ2v) is 4.06. The van der Waals surface area contributed by atoms with Gasteiger partial charge >= 0.3 is 0 Å². The van der Waals surface area contributed by atoms with Crippen molar-refractivity contribution >= 4 is 17.3 Å². The third-order valence-corrected chi connectivity index (χ3v) is 2.83. The van der Waals surface area contributed by atoms with E-state index in [2.05, 4.69) is 10.6 Å². The largest absolute Gasteiger partial charge is 0.386 e. The van der Waals surface area contributed by atoms with E-state index in [0.717, 1.165) is 16.9 Å². The van der Waals surface area contributed by atoms with E-state index in [9.17, 15) is 4.79 Å². The summed E-state index contributed by atoms with van der Waals surface area (Å²) in [7, 11) is 1.83. The average Bonchev–Trinajstić information content (AvgIpc) is 2.39. The highest BCUT2D eigenvalue weighted by molar-refractivity contribution is 6.06. The predicted molar refractivity (Wildman–Crippen MR) is 75.1 cm³/mol. The van der Waals surface area contributed by atoms with Gasteiger partial charge in [0.05, 0.1) is 11.4 Å². The molecule has 0 aliphatic carbocycles. The molecule has 0 atom stereocenters. The molecule has 2 aromatic rings. The Morgan fingerprint density at radius 2 is 1.56 bits per heavy atom. The van der Waals surface area contributed by atoms with Gasteiger partial charge in [-0.3, -0.25) is 4.79 Å². The third kappa shape index (κ3) is 2.51. The van der Waals surface area contributed by atoms with Crippen molar-refractivity contribution in [3.63, 3.8) is 0 Å². The third-order valence-electron chi connectivity index (χ3n) is 2.83. The lowest BCUT2D eigenvalue weighted by molar-refractivity contribution is 0.102. The fraction of sp³-hybridized carbons (Fsp3) is 0.133. The molecular formula is C15H16N2O. The van der Waals surface area contributed by atoms with Crippen molar-refractivity contribution in [1.82, 2.24) is 0 Å². The molecule has 2 rings (SSSR count). The van der Waals surface area contributed by atoms with E-state index in [1.807, 2.05) is 62.5 Å². The highest BCUT2D eigenvalue weighted by Gasteiger charge is 2.09. The van der Waals surface area contributed by atoms with Crippen molar-refractivity contribution in [1.29, 1.82) is 0 Å². The second-order valence-electron chi connectivity index (χ2n) is 4.06. The molecular weight excluding hydrogens is 224 g/mol. The van der Waals surface area contributed by atoms with E-state index >= 15 is 0 Å². The standard InChI is InChI=1S/C15H16N2O/c1-11-7-3-4-8-12(11)15(18)17-14-10-6-5-9-13(14)16-2/h3-10,16H,1-2H3,(H,17,18). The molecule has 0 fully saturated rings. The Hall–Kier alpha value is -2.29. The number of carbonyl (C=O) groups is 1. The number of para-hydroxylation sites is 2. The Morgan fingerprint density at radius 1 is 0.944 bits per heavy atom. The molecule has 0 saturated heterocycles. The van der Waals surface area contributed by atoms with Crippen molar-refractivity contribution in [2.24, 2.45) is 0 Å². The van der Waals surface area contributed by atoms with Crippen LogP contribution < -0.4 is 10.6 Å². The lowest BCUT2D eigenvalue weighted by atomic mass is 10.1. The number of rotatable bonds is 3. The maximum atomic E-state index is 12.2. The Bertz CT molecular complexity index is 564. The van der Waals surface area contributed by atoms with Gasteiger partial charge in [-0.15, -0.1) is 0 Å². The smallest absolute Gasteiger partial charge is 0.255 e. The quantitative estimate of drug-likeness (QED) is 0.864. The number of benzene rings is 2. The monoisotopic (exact) mass is 240 g/mol. The van der Waals surface area contributed by atoms with Crippen LogP contribution in [0.2, 0.25) is 0 Å². The molecule has 18 heavy (non-hydrogen) atoms. The summed E-state index contributed by atoms with van der Waals surface area (Å²) < 4.78 is 0. The number of anilines is 2. The zero-order chi connectivity index (χ0) is 13.0. The minimum Gasteiger partial charge on any atom is -0.386 e. The van der Waals surface area contributed by atoms with Crippen molar-refractivity contribution < 1.29 is 4.79 Å². The van der Waals surface area contributed by atoms with Gasteiger partial charge in [-0.2, -0.15) is 0 Å². The molecule has 0 bridgehead atoms. The van der Waals surface area contributed by atoms with Gasteiger partial charge in [0.2, 0.25) is 0 Å². The van der Waals surface area contributed by atoms with Crippen LogP contribution in [0.4, 0.5) is 11.4 Å². The first-order valence-electron chi connectivity index (χ1n) is 5.86. The van der Waals surface area contributed by atoms with E-state index < -0.39 is 0 Å². The average molecular weight is 240 g/mol. The van der Waals surface area contributed by atoms with Crippen LogP contribution in [0.5, 0.6) is 0 Å². The summed E-state index contributed by atoms with van der Waals surface area (Å²) in [5.74, 6) is -0.0872. The van der Waals surface area contributed by atoms with Crippen LogP contribution in [-0.4, -0.2) is 13.0 Å². The molecule has 0 aromatic heterocycles. The van der Waals surface area contributed by atoms with Crippen LogP contribution in [-0.2, 0) is 0 Å². The summed E-state index contributed by atoms with van der Waals surface area (Å²) >= 11 is 0. The van der Waals surface area contributed by atoms with E-state index in [4.69, 9.17) is 0 Å². The molecule has 0 aliphatic heterocycles. The molecule has 1 amide bonds. The maximum Gasteiger partial charge on any atom is 0.255 e. The molecule has 2 aromatic carbocycles. The normalized spacial score (nSPS) is 9.89. The molecule has 3 nitrogen and oxygen atoms in total. The van der Waals surface area contributed by atoms with Gasteiger partial charge in [0.25, 0.3) is 5.91 Å². The lowest BCUT2D eigenvalue weighted by Gasteiger charge is -2.11. The van der Waals surface area contributed by atoms with Crippen LogP contribution >= 0.6 is 0 Å². The molecule has 0 aliphatic rings. The van der Waals surface area contributed by atoms with Crippen LogP contribution in [0.25, 0.3) is 0 Å². The fourth-order valence-corrected chi connectivity index (χ4v) is 1.83. The van der Waals surface area contributed by atoms with Crippen LogP contribution in [0.3, 0.4) is 0 Å². The Labute approximate surface area is 107 Å². The van der Waals surface area contributed by atoms with Gasteiger partial charge in [-0.1, -0.05) is 30.3 Å². The Balaban J connectivity index is 2.24. The van der Waals surface area contributed by atoms with Crippen LogP contribution in [0.1, 0.15) is 15.9 Å². The molecule has 0 radical (unpaired) electrons. The second kappa shape index (κ2) is 5.36. The number of amides is 1. The fourth-order valence-electron chi connectivity index (χ4n) is 1.83. The molecule has 0 unspecified atom stereocenters. The Morgan fingerprint density at radius 3 is 2.22 bits per heavy atom. The minimum atomic E-state index is -0.0872. The molecule has 2 N–H and O–H groups in total. The first-order chi connectivity index (χ1) is 8.72. The summed E-state index contributed by atoms with van der Waals surface area (Å²) in [5.41, 5.74) is 3.35. The van der Waals surface area contributed by atoms with Gasteiger partial charge < -0.3 is 10.6 Å². The topological polar surface area (TPSA) is 41.1 Å². The van der Waals surface area contributed by atoms with Gasteiger partial charge in [0, 0.05) is 12.6 Å². The highest BCUT2D eigenvalue weighted by atomic mass is 16.1. The number of aryl methyl sites for hydroxylation is 1. The van der Waals surface area contributed by atoms with Gasteiger partial charge in [0.15, 0.2) is 0 Å². The van der Waals surface area contributed by atoms with Gasteiger partial charge in [-0.25, -0.2) is 0 Å². The molecule has 0 spiro atoms. The van der Waals surface area contributed by atoms with Crippen molar-refractivity contribution in [3.05, 3.63) is 59.7 Å². The van der Waals surface area contributed by atoms with Crippen LogP contribution in [0.15, 0.2) is 48.5 Å². The van der Waals surface area contributed by atoms with Crippen molar-refractivity contribution in [3.8, 4) is 0 Å². The summed E-state index contributed by atoms with van der Waals surface area (Å²) in [6, 6.07) is 15.2. The van der Waals surface area contributed by atoms with E-state index in [1.165, 1.54) is 0 Å². The SMILES string of the molecule is CNc1ccccc1NC(=O)c1ccccc1C. The first-order valence-corrected chi connectivity index (χ1v) is 5.86. The minimum absolute atomic E-state index is 0.0872. The summed E-state index contributed by atoms with van der Waals surface area (Å²) in [6.07, 6.45) is 0. The number of carbonyl (C=O) groups excluding carboxylic acids is 1. The zero-order valence-electron chi connectivity index (χ0n) is 10.5. The number of nitrogens with one attached hydrogen (secondary N) is 2. The van der Waals surface area contributed by atoms with Gasteiger partial charge in [-0.05, 0) is 30.7 Å². The molecule has 3 heteroatoms. The van der Waals surface area contributed by atoms with Crippen molar-refractivity contribution in [2.45, 2.75) is 6.92 Å². The molecule has 92 valence electrons.